The van der Waals surface area contributed by atoms with E-state index in [-0.39, 0.29) is 6.61 Å². The van der Waals surface area contributed by atoms with E-state index in [0.717, 1.165) is 21.2 Å². The quantitative estimate of drug-likeness (QED) is 0.498. The van der Waals surface area contributed by atoms with Gasteiger partial charge in [-0.05, 0) is 47.0 Å². The van der Waals surface area contributed by atoms with Crippen LogP contribution in [0.1, 0.15) is 18.1 Å². The lowest BCUT2D eigenvalue weighted by molar-refractivity contribution is -0.148. The zero-order valence-corrected chi connectivity index (χ0v) is 17.0. The molecule has 1 fully saturated rings. The Morgan fingerprint density at radius 3 is 2.47 bits per heavy atom. The second-order valence-corrected chi connectivity index (χ2v) is 7.73. The van der Waals surface area contributed by atoms with Crippen LogP contribution in [-0.4, -0.2) is 29.4 Å². The number of rotatable bonds is 5. The molecule has 3 aromatic carbocycles. The van der Waals surface area contributed by atoms with Gasteiger partial charge in [-0.2, -0.15) is 0 Å². The van der Waals surface area contributed by atoms with E-state index in [1.165, 1.54) is 0 Å². The van der Waals surface area contributed by atoms with Gasteiger partial charge in [0, 0.05) is 5.02 Å². The first-order chi connectivity index (χ1) is 14.4. The van der Waals surface area contributed by atoms with Crippen molar-refractivity contribution in [1.82, 2.24) is 10.2 Å². The topological polar surface area (TPSA) is 75.7 Å². The summed E-state index contributed by atoms with van der Waals surface area (Å²) in [7, 11) is 0. The van der Waals surface area contributed by atoms with E-state index < -0.39 is 30.0 Å². The first-order valence-electron chi connectivity index (χ1n) is 9.40. The number of ether oxygens (including phenoxy) is 1. The van der Waals surface area contributed by atoms with Gasteiger partial charge in [-0.3, -0.25) is 14.5 Å². The van der Waals surface area contributed by atoms with Crippen LogP contribution >= 0.6 is 11.6 Å². The van der Waals surface area contributed by atoms with E-state index in [9.17, 15) is 14.4 Å². The largest absolute Gasteiger partial charge is 0.459 e. The Bertz CT molecular complexity index is 1150. The van der Waals surface area contributed by atoms with Crippen molar-refractivity contribution in [2.45, 2.75) is 19.1 Å². The lowest BCUT2D eigenvalue weighted by Crippen LogP contribution is -2.41. The Morgan fingerprint density at radius 1 is 1.03 bits per heavy atom. The van der Waals surface area contributed by atoms with Crippen LogP contribution < -0.4 is 5.32 Å². The van der Waals surface area contributed by atoms with E-state index in [1.807, 2.05) is 42.5 Å². The summed E-state index contributed by atoms with van der Waals surface area (Å²) in [5.74, 6) is -1.16. The van der Waals surface area contributed by atoms with Crippen LogP contribution in [0.2, 0.25) is 5.02 Å². The average Bonchev–Trinajstić information content (AvgIpc) is 2.97. The molecule has 6 nitrogen and oxygen atoms in total. The number of halogens is 1. The first-order valence-corrected chi connectivity index (χ1v) is 9.78. The molecule has 152 valence electrons. The molecule has 0 radical (unpaired) electrons. The molecule has 7 heteroatoms. The van der Waals surface area contributed by atoms with Gasteiger partial charge >= 0.3 is 12.0 Å². The standard InChI is InChI=1S/C23H19ClN2O4/c1-23(18-9-8-16-4-2-3-5-17(16)12-18)21(28)26(22(29)25-23)13-20(27)30-14-15-6-10-19(24)11-7-15/h2-12H,13-14H2,1H3,(H,25,29). The molecule has 3 aromatic rings. The molecule has 1 unspecified atom stereocenters. The summed E-state index contributed by atoms with van der Waals surface area (Å²) >= 11 is 5.83. The van der Waals surface area contributed by atoms with Gasteiger partial charge in [0.05, 0.1) is 0 Å². The van der Waals surface area contributed by atoms with Gasteiger partial charge in [0.2, 0.25) is 0 Å². The summed E-state index contributed by atoms with van der Waals surface area (Å²) in [5, 5.41) is 5.28. The van der Waals surface area contributed by atoms with Crippen LogP contribution in [0.15, 0.2) is 66.7 Å². The Hall–Kier alpha value is -3.38. The van der Waals surface area contributed by atoms with Crippen molar-refractivity contribution in [3.8, 4) is 0 Å². The molecule has 0 bridgehead atoms. The van der Waals surface area contributed by atoms with Gasteiger partial charge < -0.3 is 10.1 Å². The highest BCUT2D eigenvalue weighted by Crippen LogP contribution is 2.31. The van der Waals surface area contributed by atoms with E-state index in [2.05, 4.69) is 5.32 Å². The molecule has 1 saturated heterocycles. The predicted octanol–water partition coefficient (Wildman–Crippen LogP) is 4.00. The summed E-state index contributed by atoms with van der Waals surface area (Å²) in [4.78, 5) is 38.6. The lowest BCUT2D eigenvalue weighted by Gasteiger charge is -2.22. The van der Waals surface area contributed by atoms with Gasteiger partial charge in [0.15, 0.2) is 0 Å². The van der Waals surface area contributed by atoms with Crippen LogP contribution in [0.25, 0.3) is 10.8 Å². The highest BCUT2D eigenvalue weighted by atomic mass is 35.5. The van der Waals surface area contributed by atoms with E-state index in [4.69, 9.17) is 16.3 Å². The SMILES string of the molecule is CC1(c2ccc3ccccc3c2)NC(=O)N(CC(=O)OCc2ccc(Cl)cc2)C1=O. The fourth-order valence-electron chi connectivity index (χ4n) is 3.46. The molecule has 30 heavy (non-hydrogen) atoms. The second kappa shape index (κ2) is 7.80. The minimum Gasteiger partial charge on any atom is -0.459 e. The van der Waals surface area contributed by atoms with Crippen molar-refractivity contribution in [3.05, 3.63) is 82.9 Å². The third-order valence-electron chi connectivity index (χ3n) is 5.20. The number of urea groups is 1. The van der Waals surface area contributed by atoms with Gasteiger partial charge in [-0.15, -0.1) is 0 Å². The third kappa shape index (κ3) is 3.74. The smallest absolute Gasteiger partial charge is 0.326 e. The Morgan fingerprint density at radius 2 is 1.73 bits per heavy atom. The van der Waals surface area contributed by atoms with E-state index in [0.29, 0.717) is 10.6 Å². The third-order valence-corrected chi connectivity index (χ3v) is 5.45. The summed E-state index contributed by atoms with van der Waals surface area (Å²) < 4.78 is 5.20. The number of fused-ring (bicyclic) bond motifs is 1. The minimum absolute atomic E-state index is 0.0294. The van der Waals surface area contributed by atoms with Crippen molar-refractivity contribution in [2.75, 3.05) is 6.54 Å². The van der Waals surface area contributed by atoms with Gasteiger partial charge in [0.1, 0.15) is 18.7 Å². The van der Waals surface area contributed by atoms with Gasteiger partial charge in [-0.25, -0.2) is 4.79 Å². The monoisotopic (exact) mass is 422 g/mol. The predicted molar refractivity (Wildman–Crippen MR) is 113 cm³/mol. The summed E-state index contributed by atoms with van der Waals surface area (Å²) in [6, 6.07) is 19.6. The number of nitrogens with one attached hydrogen (secondary N) is 1. The van der Waals surface area contributed by atoms with Gasteiger partial charge in [-0.1, -0.05) is 60.1 Å². The maximum atomic E-state index is 13.0. The number of nitrogens with zero attached hydrogens (tertiary/aromatic N) is 1. The van der Waals surface area contributed by atoms with Crippen LogP contribution in [0.4, 0.5) is 4.79 Å². The van der Waals surface area contributed by atoms with Gasteiger partial charge in [0.25, 0.3) is 5.91 Å². The molecule has 1 heterocycles. The van der Waals surface area contributed by atoms with Crippen LogP contribution in [0.5, 0.6) is 0 Å². The maximum absolute atomic E-state index is 13.0. The first kappa shape index (κ1) is 19.9. The van der Waals surface area contributed by atoms with Crippen LogP contribution in [0.3, 0.4) is 0 Å². The van der Waals surface area contributed by atoms with Crippen molar-refractivity contribution in [2.24, 2.45) is 0 Å². The summed E-state index contributed by atoms with van der Waals surface area (Å²) in [6.07, 6.45) is 0. The molecule has 0 saturated carbocycles. The average molecular weight is 423 g/mol. The molecular formula is C23H19ClN2O4. The molecule has 1 N–H and O–H groups in total. The number of carbonyl (C=O) groups excluding carboxylic acids is 3. The van der Waals surface area contributed by atoms with Crippen LogP contribution in [-0.2, 0) is 26.5 Å². The van der Waals surface area contributed by atoms with E-state index >= 15 is 0 Å². The number of amides is 3. The summed E-state index contributed by atoms with van der Waals surface area (Å²) in [6.45, 7) is 1.21. The fourth-order valence-corrected chi connectivity index (χ4v) is 3.58. The Balaban J connectivity index is 1.47. The number of benzene rings is 3. The maximum Gasteiger partial charge on any atom is 0.326 e. The van der Waals surface area contributed by atoms with Crippen molar-refractivity contribution >= 4 is 40.3 Å². The molecule has 1 aliphatic rings. The highest BCUT2D eigenvalue weighted by molar-refractivity contribution is 6.30. The summed E-state index contributed by atoms with van der Waals surface area (Å²) in [5.41, 5.74) is 0.153. The van der Waals surface area contributed by atoms with Crippen molar-refractivity contribution in [1.29, 1.82) is 0 Å². The number of hydrogen-bond acceptors (Lipinski definition) is 4. The molecule has 1 aliphatic heterocycles. The molecule has 0 spiro atoms. The Labute approximate surface area is 178 Å². The Kier molecular flexibility index (Phi) is 5.18. The molecule has 0 aliphatic carbocycles. The van der Waals surface area contributed by atoms with E-state index in [1.54, 1.807) is 31.2 Å². The molecular weight excluding hydrogens is 404 g/mol. The second-order valence-electron chi connectivity index (χ2n) is 7.30. The number of hydrogen-bond donors (Lipinski definition) is 1. The zero-order chi connectivity index (χ0) is 21.3. The van der Waals surface area contributed by atoms with Crippen LogP contribution in [0, 0.1) is 0 Å². The number of imide groups is 1. The molecule has 0 aromatic heterocycles. The lowest BCUT2D eigenvalue weighted by atomic mass is 9.90. The molecule has 1 atom stereocenters. The number of carbonyl (C=O) groups is 3. The van der Waals surface area contributed by atoms with Crippen molar-refractivity contribution < 1.29 is 19.1 Å². The minimum atomic E-state index is -1.25. The molecule has 3 amide bonds. The number of esters is 1. The zero-order valence-electron chi connectivity index (χ0n) is 16.2. The normalized spacial score (nSPS) is 18.5. The molecule has 4 rings (SSSR count). The highest BCUT2D eigenvalue weighted by Gasteiger charge is 2.49. The fraction of sp³-hybridized carbons (Fsp3) is 0.174. The van der Waals surface area contributed by atoms with Crippen molar-refractivity contribution in [3.63, 3.8) is 0 Å².